The molecule has 4 aromatic rings. The number of halogens is 2. The highest BCUT2D eigenvalue weighted by Gasteiger charge is 2.47. The molecule has 1 aliphatic heterocycles. The summed E-state index contributed by atoms with van der Waals surface area (Å²) < 4.78 is 62.6. The highest BCUT2D eigenvalue weighted by molar-refractivity contribution is 7.89. The third-order valence-electron chi connectivity index (χ3n) is 6.55. The highest BCUT2D eigenvalue weighted by Crippen LogP contribution is 2.40. The number of hydrogen-bond donors (Lipinski definition) is 2. The molecule has 2 N–H and O–H groups in total. The average Bonchev–Trinajstić information content (AvgIpc) is 3.36. The van der Waals surface area contributed by atoms with Crippen molar-refractivity contribution in [2.24, 2.45) is 0 Å². The van der Waals surface area contributed by atoms with Crippen LogP contribution in [0.2, 0.25) is 0 Å². The van der Waals surface area contributed by atoms with E-state index >= 15 is 0 Å². The number of nitrogens with zero attached hydrogens (tertiary/aromatic N) is 7. The molecule has 1 atom stereocenters. The molecule has 4 heterocycles. The minimum Gasteiger partial charge on any atom is -0.394 e. The van der Waals surface area contributed by atoms with Crippen LogP contribution in [0.3, 0.4) is 0 Å². The number of hydrogen-bond acceptors (Lipinski definition) is 11. The summed E-state index contributed by atoms with van der Waals surface area (Å²) >= 11 is 0.666. The summed E-state index contributed by atoms with van der Waals surface area (Å²) in [6.45, 7) is 1.02. The number of alkyl halides is 2. The van der Waals surface area contributed by atoms with Gasteiger partial charge in [-0.3, -0.25) is 4.57 Å². The van der Waals surface area contributed by atoms with Gasteiger partial charge < -0.3 is 14.7 Å². The summed E-state index contributed by atoms with van der Waals surface area (Å²) in [7, 11) is -4.07. The first-order valence-corrected chi connectivity index (χ1v) is 13.9. The number of benzene rings is 1. The maximum atomic E-state index is 13.4. The van der Waals surface area contributed by atoms with Gasteiger partial charge in [0, 0.05) is 18.5 Å². The van der Waals surface area contributed by atoms with E-state index in [0.29, 0.717) is 71.6 Å². The lowest BCUT2D eigenvalue weighted by Gasteiger charge is -2.33. The van der Waals surface area contributed by atoms with Crippen LogP contribution in [-0.4, -0.2) is 76.2 Å². The zero-order valence-corrected chi connectivity index (χ0v) is 21.2. The Hall–Kier alpha value is -3.36. The third kappa shape index (κ3) is 4.16. The van der Waals surface area contributed by atoms with Gasteiger partial charge in [-0.05, 0) is 25.0 Å². The standard InChI is InChI=1S/C22H20F2N8O4S2/c23-17(24)20-28-29-21(37-20)32-15-7-13(38(34,35)30-22(10-25)3-4-22)1-2-14(15)16-18(26-11-27-19(16)32)31-5-6-36-12(8-31)9-33/h1-2,7,11-12,17,30,33H,3-6,8-9H2/t12-/m1/s1. The molecule has 38 heavy (non-hydrogen) atoms. The van der Waals surface area contributed by atoms with Crippen molar-refractivity contribution in [3.05, 3.63) is 29.5 Å². The Morgan fingerprint density at radius 1 is 1.32 bits per heavy atom. The van der Waals surface area contributed by atoms with Crippen molar-refractivity contribution >= 4 is 49.1 Å². The number of ether oxygens (including phenoxy) is 1. The molecule has 0 amide bonds. The predicted octanol–water partition coefficient (Wildman–Crippen LogP) is 1.89. The van der Waals surface area contributed by atoms with Crippen molar-refractivity contribution in [3.8, 4) is 11.2 Å². The van der Waals surface area contributed by atoms with Gasteiger partial charge in [-0.25, -0.2) is 27.2 Å². The van der Waals surface area contributed by atoms with Crippen LogP contribution in [0.25, 0.3) is 27.1 Å². The first kappa shape index (κ1) is 24.9. The molecule has 12 nitrogen and oxygen atoms in total. The Balaban J connectivity index is 1.57. The molecule has 6 rings (SSSR count). The number of nitrogens with one attached hydrogen (secondary N) is 1. The third-order valence-corrected chi connectivity index (χ3v) is 9.00. The number of anilines is 1. The predicted molar refractivity (Wildman–Crippen MR) is 132 cm³/mol. The minimum absolute atomic E-state index is 0.0818. The van der Waals surface area contributed by atoms with Gasteiger partial charge in [0.15, 0.2) is 10.7 Å². The largest absolute Gasteiger partial charge is 0.394 e. The fourth-order valence-electron chi connectivity index (χ4n) is 4.51. The van der Waals surface area contributed by atoms with E-state index in [1.807, 2.05) is 11.0 Å². The second kappa shape index (κ2) is 9.13. The van der Waals surface area contributed by atoms with E-state index in [9.17, 15) is 27.6 Å². The zero-order valence-electron chi connectivity index (χ0n) is 19.6. The Morgan fingerprint density at radius 2 is 2.13 bits per heavy atom. The second-order valence-electron chi connectivity index (χ2n) is 9.05. The molecular weight excluding hydrogens is 542 g/mol. The van der Waals surface area contributed by atoms with Crippen LogP contribution in [0.5, 0.6) is 0 Å². The van der Waals surface area contributed by atoms with E-state index in [-0.39, 0.29) is 16.6 Å². The minimum atomic E-state index is -4.07. The summed E-state index contributed by atoms with van der Waals surface area (Å²) in [5.41, 5.74) is -0.452. The number of morpholine rings is 1. The van der Waals surface area contributed by atoms with Gasteiger partial charge >= 0.3 is 0 Å². The van der Waals surface area contributed by atoms with Gasteiger partial charge in [-0.1, -0.05) is 17.4 Å². The summed E-state index contributed by atoms with van der Waals surface area (Å²) in [5.74, 6) is 0.522. The molecule has 0 bridgehead atoms. The summed E-state index contributed by atoms with van der Waals surface area (Å²) in [5, 5.41) is 27.2. The number of aliphatic hydroxyl groups is 1. The van der Waals surface area contributed by atoms with E-state index in [1.165, 1.54) is 23.0 Å². The molecule has 2 aliphatic rings. The molecule has 1 aliphatic carbocycles. The van der Waals surface area contributed by atoms with E-state index in [0.717, 1.165) is 0 Å². The Bertz CT molecular complexity index is 1700. The van der Waals surface area contributed by atoms with E-state index < -0.39 is 33.1 Å². The molecule has 1 saturated carbocycles. The maximum absolute atomic E-state index is 13.4. The Labute approximate surface area is 218 Å². The normalized spacial score (nSPS) is 19.3. The lowest BCUT2D eigenvalue weighted by Crippen LogP contribution is -2.44. The lowest BCUT2D eigenvalue weighted by molar-refractivity contribution is 0.00344. The molecule has 3 aromatic heterocycles. The summed E-state index contributed by atoms with van der Waals surface area (Å²) in [6.07, 6.45) is -1.09. The first-order valence-electron chi connectivity index (χ1n) is 11.6. The molecule has 1 aromatic carbocycles. The van der Waals surface area contributed by atoms with Gasteiger partial charge in [-0.15, -0.1) is 10.2 Å². The number of aromatic nitrogens is 5. The molecule has 0 radical (unpaired) electrons. The van der Waals surface area contributed by atoms with Crippen molar-refractivity contribution < 1.29 is 27.0 Å². The van der Waals surface area contributed by atoms with Crippen molar-refractivity contribution in [1.82, 2.24) is 29.5 Å². The maximum Gasteiger partial charge on any atom is 0.291 e. The van der Waals surface area contributed by atoms with Crippen molar-refractivity contribution in [2.75, 3.05) is 31.2 Å². The van der Waals surface area contributed by atoms with Gasteiger partial charge in [0.25, 0.3) is 6.43 Å². The van der Waals surface area contributed by atoms with Crippen LogP contribution in [-0.2, 0) is 14.8 Å². The quantitative estimate of drug-likeness (QED) is 0.341. The van der Waals surface area contributed by atoms with Crippen LogP contribution in [0.15, 0.2) is 29.4 Å². The number of aliphatic hydroxyl groups excluding tert-OH is 1. The van der Waals surface area contributed by atoms with Crippen LogP contribution in [0.1, 0.15) is 24.3 Å². The van der Waals surface area contributed by atoms with Crippen molar-refractivity contribution in [2.45, 2.75) is 35.8 Å². The van der Waals surface area contributed by atoms with Crippen molar-refractivity contribution in [3.63, 3.8) is 0 Å². The van der Waals surface area contributed by atoms with Gasteiger partial charge in [0.2, 0.25) is 15.2 Å². The van der Waals surface area contributed by atoms with Crippen LogP contribution in [0.4, 0.5) is 14.6 Å². The summed E-state index contributed by atoms with van der Waals surface area (Å²) in [4.78, 5) is 10.7. The Kier molecular flexibility index (Phi) is 6.00. The van der Waals surface area contributed by atoms with Crippen molar-refractivity contribution in [1.29, 1.82) is 5.26 Å². The van der Waals surface area contributed by atoms with Gasteiger partial charge in [-0.2, -0.15) is 9.98 Å². The molecule has 16 heteroatoms. The zero-order chi connectivity index (χ0) is 26.7. The van der Waals surface area contributed by atoms with Crippen LogP contribution in [0, 0.1) is 11.3 Å². The lowest BCUT2D eigenvalue weighted by atomic mass is 10.2. The van der Waals surface area contributed by atoms with E-state index in [2.05, 4.69) is 24.9 Å². The second-order valence-corrected chi connectivity index (χ2v) is 11.7. The smallest absolute Gasteiger partial charge is 0.291 e. The number of rotatable bonds is 7. The van der Waals surface area contributed by atoms with E-state index in [4.69, 9.17) is 4.74 Å². The molecular formula is C22H20F2N8O4S2. The fraction of sp³-hybridized carbons (Fsp3) is 0.409. The average molecular weight is 563 g/mol. The molecule has 0 spiro atoms. The van der Waals surface area contributed by atoms with Gasteiger partial charge in [0.05, 0.1) is 41.2 Å². The van der Waals surface area contributed by atoms with E-state index in [1.54, 1.807) is 6.07 Å². The molecule has 2 fully saturated rings. The number of nitriles is 1. The molecule has 1 saturated heterocycles. The van der Waals surface area contributed by atoms with Crippen LogP contribution >= 0.6 is 11.3 Å². The monoisotopic (exact) mass is 562 g/mol. The topological polar surface area (TPSA) is 159 Å². The molecule has 0 unspecified atom stereocenters. The molecule has 198 valence electrons. The van der Waals surface area contributed by atoms with Crippen LogP contribution < -0.4 is 9.62 Å². The SMILES string of the molecule is N#CC1(NS(=O)(=O)c2ccc3c4c(N5CCO[C@@H](CO)C5)ncnc4n(-c4nnc(C(F)F)s4)c3c2)CC1. The fourth-order valence-corrected chi connectivity index (χ4v) is 6.62. The first-order chi connectivity index (χ1) is 18.2. The highest BCUT2D eigenvalue weighted by atomic mass is 32.2. The summed E-state index contributed by atoms with van der Waals surface area (Å²) in [6, 6.07) is 6.42. The number of sulfonamides is 1. The Morgan fingerprint density at radius 3 is 2.82 bits per heavy atom. The number of fused-ring (bicyclic) bond motifs is 3. The van der Waals surface area contributed by atoms with Gasteiger partial charge in [0.1, 0.15) is 17.7 Å².